The molecule has 2 aliphatic rings. The first-order chi connectivity index (χ1) is 9.16. The lowest BCUT2D eigenvalue weighted by molar-refractivity contribution is -0.142. The minimum atomic E-state index is -0.651. The van der Waals surface area contributed by atoms with Crippen LogP contribution in [0.25, 0.3) is 0 Å². The van der Waals surface area contributed by atoms with Gasteiger partial charge in [-0.3, -0.25) is 9.69 Å². The van der Waals surface area contributed by atoms with Crippen molar-refractivity contribution < 1.29 is 9.90 Å². The Hall–Kier alpha value is -0.390. The van der Waals surface area contributed by atoms with Crippen LogP contribution in [0, 0.1) is 5.92 Å². The highest BCUT2D eigenvalue weighted by Crippen LogP contribution is 2.41. The zero-order chi connectivity index (χ0) is 13.4. The van der Waals surface area contributed by atoms with Gasteiger partial charge in [0.05, 0.1) is 0 Å². The SMILES string of the molecule is O=C(O)[C@@H]1C[C@@H]2CCCC[C@H]2N1Cc1sccc1Br. The molecule has 0 aromatic carbocycles. The molecule has 19 heavy (non-hydrogen) atoms. The molecule has 0 bridgehead atoms. The molecule has 1 aromatic rings. The molecule has 1 aliphatic carbocycles. The van der Waals surface area contributed by atoms with Gasteiger partial charge in [-0.1, -0.05) is 12.8 Å². The number of rotatable bonds is 3. The van der Waals surface area contributed by atoms with E-state index in [0.29, 0.717) is 12.0 Å². The summed E-state index contributed by atoms with van der Waals surface area (Å²) in [5.41, 5.74) is 0. The Morgan fingerprint density at radius 1 is 1.47 bits per heavy atom. The fourth-order valence-electron chi connectivity index (χ4n) is 3.63. The summed E-state index contributed by atoms with van der Waals surface area (Å²) in [5, 5.41) is 11.5. The maximum Gasteiger partial charge on any atom is 0.320 e. The van der Waals surface area contributed by atoms with Gasteiger partial charge in [0.2, 0.25) is 0 Å². The number of thiophene rings is 1. The Morgan fingerprint density at radius 3 is 2.95 bits per heavy atom. The number of aliphatic carboxylic acids is 1. The average molecular weight is 344 g/mol. The van der Waals surface area contributed by atoms with E-state index in [1.54, 1.807) is 11.3 Å². The van der Waals surface area contributed by atoms with Crippen LogP contribution in [0.3, 0.4) is 0 Å². The maximum absolute atomic E-state index is 11.5. The lowest BCUT2D eigenvalue weighted by Gasteiger charge is -2.32. The van der Waals surface area contributed by atoms with E-state index in [9.17, 15) is 9.90 Å². The van der Waals surface area contributed by atoms with Crippen molar-refractivity contribution >= 4 is 33.2 Å². The summed E-state index contributed by atoms with van der Waals surface area (Å²) in [6, 6.07) is 2.23. The maximum atomic E-state index is 11.5. The van der Waals surface area contributed by atoms with Crippen LogP contribution in [-0.2, 0) is 11.3 Å². The van der Waals surface area contributed by atoms with Crippen molar-refractivity contribution in [3.8, 4) is 0 Å². The van der Waals surface area contributed by atoms with Gasteiger partial charge >= 0.3 is 5.97 Å². The summed E-state index contributed by atoms with van der Waals surface area (Å²) >= 11 is 5.26. The second-order valence-electron chi connectivity index (χ2n) is 5.57. The van der Waals surface area contributed by atoms with Gasteiger partial charge in [-0.05, 0) is 52.6 Å². The Labute approximate surface area is 125 Å². The number of likely N-dealkylation sites (tertiary alicyclic amines) is 1. The summed E-state index contributed by atoms with van der Waals surface area (Å²) in [6.45, 7) is 0.774. The number of carboxylic acids is 1. The minimum Gasteiger partial charge on any atom is -0.480 e. The quantitative estimate of drug-likeness (QED) is 0.908. The van der Waals surface area contributed by atoms with Crippen molar-refractivity contribution in [1.82, 2.24) is 4.90 Å². The molecule has 0 spiro atoms. The number of carboxylic acid groups (broad SMARTS) is 1. The van der Waals surface area contributed by atoms with Crippen LogP contribution in [0.15, 0.2) is 15.9 Å². The molecule has 104 valence electrons. The molecular weight excluding hydrogens is 326 g/mol. The van der Waals surface area contributed by atoms with Crippen LogP contribution >= 0.6 is 27.3 Å². The van der Waals surface area contributed by atoms with Gasteiger partial charge in [-0.25, -0.2) is 0 Å². The third-order valence-electron chi connectivity index (χ3n) is 4.52. The number of carbonyl (C=O) groups is 1. The Balaban J connectivity index is 1.82. The molecule has 5 heteroatoms. The molecule has 1 N–H and O–H groups in total. The Bertz CT molecular complexity index is 476. The molecule has 1 aliphatic heterocycles. The van der Waals surface area contributed by atoms with Gasteiger partial charge in [-0.2, -0.15) is 0 Å². The van der Waals surface area contributed by atoms with Crippen molar-refractivity contribution in [2.45, 2.75) is 50.7 Å². The molecule has 1 saturated heterocycles. The van der Waals surface area contributed by atoms with E-state index in [1.807, 2.05) is 6.07 Å². The zero-order valence-corrected chi connectivity index (χ0v) is 13.1. The molecule has 3 atom stereocenters. The van der Waals surface area contributed by atoms with E-state index < -0.39 is 5.97 Å². The van der Waals surface area contributed by atoms with E-state index in [4.69, 9.17) is 0 Å². The van der Waals surface area contributed by atoms with Crippen LogP contribution in [0.2, 0.25) is 0 Å². The standard InChI is InChI=1S/C14H18BrNO2S/c15-10-5-6-19-13(10)8-16-11-4-2-1-3-9(11)7-12(16)14(17)18/h5-6,9,11-12H,1-4,7-8H2,(H,17,18)/t9-,11+,12-/m0/s1. The van der Waals surface area contributed by atoms with Gasteiger partial charge in [-0.15, -0.1) is 11.3 Å². The third-order valence-corrected chi connectivity index (χ3v) is 6.43. The van der Waals surface area contributed by atoms with Crippen molar-refractivity contribution in [3.63, 3.8) is 0 Å². The van der Waals surface area contributed by atoms with Crippen molar-refractivity contribution in [3.05, 3.63) is 20.8 Å². The summed E-state index contributed by atoms with van der Waals surface area (Å²) in [4.78, 5) is 15.0. The largest absolute Gasteiger partial charge is 0.480 e. The van der Waals surface area contributed by atoms with Crippen molar-refractivity contribution in [2.24, 2.45) is 5.92 Å². The van der Waals surface area contributed by atoms with E-state index >= 15 is 0 Å². The van der Waals surface area contributed by atoms with Gasteiger partial charge in [0.1, 0.15) is 6.04 Å². The van der Waals surface area contributed by atoms with Crippen molar-refractivity contribution in [1.29, 1.82) is 0 Å². The van der Waals surface area contributed by atoms with E-state index in [2.05, 4.69) is 26.2 Å². The second kappa shape index (κ2) is 5.54. The van der Waals surface area contributed by atoms with Crippen molar-refractivity contribution in [2.75, 3.05) is 0 Å². The second-order valence-corrected chi connectivity index (χ2v) is 7.42. The fourth-order valence-corrected chi connectivity index (χ4v) is 5.11. The first-order valence-electron chi connectivity index (χ1n) is 6.87. The average Bonchev–Trinajstić information content (AvgIpc) is 2.95. The molecule has 1 saturated carbocycles. The Kier molecular flexibility index (Phi) is 3.96. The van der Waals surface area contributed by atoms with Gasteiger partial charge in [0, 0.05) is 21.9 Å². The molecule has 2 heterocycles. The number of nitrogens with zero attached hydrogens (tertiary/aromatic N) is 1. The molecular formula is C14H18BrNO2S. The first kappa shape index (κ1) is 13.6. The normalized spacial score (nSPS) is 31.3. The molecule has 1 aromatic heterocycles. The molecule has 0 amide bonds. The first-order valence-corrected chi connectivity index (χ1v) is 8.54. The minimum absolute atomic E-state index is 0.290. The van der Waals surface area contributed by atoms with Gasteiger partial charge < -0.3 is 5.11 Å². The number of fused-ring (bicyclic) bond motifs is 1. The number of halogens is 1. The zero-order valence-electron chi connectivity index (χ0n) is 10.7. The summed E-state index contributed by atoms with van der Waals surface area (Å²) < 4.78 is 1.11. The van der Waals surface area contributed by atoms with Crippen LogP contribution in [0.1, 0.15) is 37.0 Å². The van der Waals surface area contributed by atoms with E-state index in [-0.39, 0.29) is 6.04 Å². The molecule has 3 rings (SSSR count). The highest BCUT2D eigenvalue weighted by atomic mass is 79.9. The van der Waals surface area contributed by atoms with Crippen LogP contribution < -0.4 is 0 Å². The van der Waals surface area contributed by atoms with Gasteiger partial charge in [0.25, 0.3) is 0 Å². The predicted octanol–water partition coefficient (Wildman–Crippen LogP) is 3.73. The Morgan fingerprint density at radius 2 is 2.26 bits per heavy atom. The summed E-state index contributed by atoms with van der Waals surface area (Å²) in [5.74, 6) is -0.0596. The molecule has 0 unspecified atom stereocenters. The highest BCUT2D eigenvalue weighted by molar-refractivity contribution is 9.10. The van der Waals surface area contributed by atoms with Crippen LogP contribution in [0.5, 0.6) is 0 Å². The van der Waals surface area contributed by atoms with Crippen LogP contribution in [0.4, 0.5) is 0 Å². The summed E-state index contributed by atoms with van der Waals surface area (Å²) in [7, 11) is 0. The van der Waals surface area contributed by atoms with E-state index in [1.165, 1.54) is 24.1 Å². The smallest absolute Gasteiger partial charge is 0.320 e. The number of hydrogen-bond acceptors (Lipinski definition) is 3. The highest BCUT2D eigenvalue weighted by Gasteiger charge is 2.45. The topological polar surface area (TPSA) is 40.5 Å². The van der Waals surface area contributed by atoms with E-state index in [0.717, 1.165) is 23.9 Å². The van der Waals surface area contributed by atoms with Gasteiger partial charge in [0.15, 0.2) is 0 Å². The molecule has 3 nitrogen and oxygen atoms in total. The summed E-state index contributed by atoms with van der Waals surface area (Å²) in [6.07, 6.45) is 5.72. The lowest BCUT2D eigenvalue weighted by Crippen LogP contribution is -2.41. The fraction of sp³-hybridized carbons (Fsp3) is 0.643. The number of hydrogen-bond donors (Lipinski definition) is 1. The monoisotopic (exact) mass is 343 g/mol. The molecule has 0 radical (unpaired) electrons. The lowest BCUT2D eigenvalue weighted by atomic mass is 9.85. The van der Waals surface area contributed by atoms with Crippen LogP contribution in [-0.4, -0.2) is 28.1 Å². The predicted molar refractivity (Wildman–Crippen MR) is 79.3 cm³/mol. The third kappa shape index (κ3) is 2.60. The molecule has 2 fully saturated rings.